The zero-order valence-corrected chi connectivity index (χ0v) is 18.6. The van der Waals surface area contributed by atoms with Crippen LogP contribution in [-0.4, -0.2) is 46.9 Å². The van der Waals surface area contributed by atoms with Crippen LogP contribution in [0.2, 0.25) is 0 Å². The Morgan fingerprint density at radius 2 is 1.55 bits per heavy atom. The fourth-order valence-corrected chi connectivity index (χ4v) is 4.07. The van der Waals surface area contributed by atoms with Gasteiger partial charge in [-0.1, -0.05) is 0 Å². The molecule has 2 rings (SSSR count). The zero-order valence-electron chi connectivity index (χ0n) is 17.7. The van der Waals surface area contributed by atoms with Gasteiger partial charge in [0.05, 0.1) is 30.5 Å². The highest BCUT2D eigenvalue weighted by Crippen LogP contribution is 2.39. The van der Waals surface area contributed by atoms with Crippen LogP contribution in [-0.2, 0) is 9.84 Å². The Labute approximate surface area is 189 Å². The SMILES string of the molecule is COc1cc(N=CNN=C(N)N)c(S(=O)(=O)c2ccc(N(C(=N)N)C(=N)N)cc2)cc1OC. The molecule has 2 aromatic rings. The van der Waals surface area contributed by atoms with Crippen molar-refractivity contribution >= 4 is 45.4 Å². The number of nitrogens with one attached hydrogen (secondary N) is 3. The van der Waals surface area contributed by atoms with Crippen molar-refractivity contribution in [1.82, 2.24) is 5.43 Å². The molecule has 0 aliphatic rings. The van der Waals surface area contributed by atoms with Gasteiger partial charge >= 0.3 is 0 Å². The van der Waals surface area contributed by atoms with Crippen molar-refractivity contribution in [3.8, 4) is 11.5 Å². The van der Waals surface area contributed by atoms with Crippen LogP contribution in [0.1, 0.15) is 0 Å². The van der Waals surface area contributed by atoms with Gasteiger partial charge in [0.2, 0.25) is 15.8 Å². The number of nitrogens with two attached hydrogens (primary N) is 4. The van der Waals surface area contributed by atoms with E-state index in [9.17, 15) is 8.42 Å². The second kappa shape index (κ2) is 10.2. The molecule has 0 bridgehead atoms. The normalized spacial score (nSPS) is 11.0. The first kappa shape index (κ1) is 24.7. The average molecular weight is 477 g/mol. The van der Waals surface area contributed by atoms with Crippen LogP contribution in [0.3, 0.4) is 0 Å². The van der Waals surface area contributed by atoms with Crippen LogP contribution >= 0.6 is 0 Å². The molecular formula is C18H24N10O4S. The van der Waals surface area contributed by atoms with Crippen molar-refractivity contribution < 1.29 is 17.9 Å². The van der Waals surface area contributed by atoms with E-state index in [1.54, 1.807) is 0 Å². The molecule has 0 atom stereocenters. The van der Waals surface area contributed by atoms with Gasteiger partial charge in [0.1, 0.15) is 11.2 Å². The quantitative estimate of drug-likeness (QED) is 0.147. The molecule has 33 heavy (non-hydrogen) atoms. The molecule has 2 aromatic carbocycles. The Balaban J connectivity index is 2.59. The first-order valence-electron chi connectivity index (χ1n) is 8.99. The number of nitrogens with zero attached hydrogens (tertiary/aromatic N) is 3. The number of guanidine groups is 3. The van der Waals surface area contributed by atoms with Crippen LogP contribution in [0.25, 0.3) is 0 Å². The van der Waals surface area contributed by atoms with Crippen molar-refractivity contribution in [2.45, 2.75) is 9.79 Å². The number of sulfone groups is 1. The molecule has 14 nitrogen and oxygen atoms in total. The van der Waals surface area contributed by atoms with E-state index < -0.39 is 21.8 Å². The third-order valence-corrected chi connectivity index (χ3v) is 5.90. The minimum absolute atomic E-state index is 0.0177. The molecule has 0 amide bonds. The summed E-state index contributed by atoms with van der Waals surface area (Å²) < 4.78 is 37.3. The van der Waals surface area contributed by atoms with E-state index in [0.29, 0.717) is 0 Å². The first-order valence-corrected chi connectivity index (χ1v) is 10.5. The van der Waals surface area contributed by atoms with Crippen molar-refractivity contribution in [2.75, 3.05) is 19.1 Å². The number of anilines is 1. The Hall–Kier alpha value is -4.53. The number of aliphatic imine (C=N–C) groups is 1. The highest BCUT2D eigenvalue weighted by atomic mass is 32.2. The summed E-state index contributed by atoms with van der Waals surface area (Å²) in [6.45, 7) is 0. The van der Waals surface area contributed by atoms with Gasteiger partial charge in [-0.15, -0.1) is 5.10 Å². The van der Waals surface area contributed by atoms with Gasteiger partial charge in [-0.25, -0.2) is 13.4 Å². The number of hydrogen-bond donors (Lipinski definition) is 7. The highest BCUT2D eigenvalue weighted by molar-refractivity contribution is 7.91. The van der Waals surface area contributed by atoms with Crippen molar-refractivity contribution in [2.24, 2.45) is 33.0 Å². The Morgan fingerprint density at radius 3 is 2.03 bits per heavy atom. The molecule has 0 aromatic heterocycles. The molecule has 0 spiro atoms. The largest absolute Gasteiger partial charge is 0.493 e. The average Bonchev–Trinajstić information content (AvgIpc) is 2.75. The van der Waals surface area contributed by atoms with Crippen LogP contribution in [0.5, 0.6) is 11.5 Å². The summed E-state index contributed by atoms with van der Waals surface area (Å²) in [4.78, 5) is 4.72. The van der Waals surface area contributed by atoms with Gasteiger partial charge < -0.3 is 32.4 Å². The van der Waals surface area contributed by atoms with Gasteiger partial charge in [0.25, 0.3) is 0 Å². The van der Waals surface area contributed by atoms with Crippen molar-refractivity contribution in [3.63, 3.8) is 0 Å². The summed E-state index contributed by atoms with van der Waals surface area (Å²) in [5.74, 6) is -0.819. The number of hydrazone groups is 1. The number of benzene rings is 2. The summed E-state index contributed by atoms with van der Waals surface area (Å²) in [6, 6.07) is 7.93. The lowest BCUT2D eigenvalue weighted by atomic mass is 10.3. The maximum Gasteiger partial charge on any atom is 0.208 e. The lowest BCUT2D eigenvalue weighted by Gasteiger charge is -2.20. The van der Waals surface area contributed by atoms with Gasteiger partial charge in [0.15, 0.2) is 23.4 Å². The van der Waals surface area contributed by atoms with E-state index in [1.807, 2.05) is 0 Å². The monoisotopic (exact) mass is 476 g/mol. The van der Waals surface area contributed by atoms with E-state index in [2.05, 4.69) is 15.5 Å². The van der Waals surface area contributed by atoms with Gasteiger partial charge in [0, 0.05) is 12.1 Å². The van der Waals surface area contributed by atoms with Gasteiger partial charge in [-0.2, -0.15) is 0 Å². The minimum Gasteiger partial charge on any atom is -0.493 e. The zero-order chi connectivity index (χ0) is 24.8. The lowest BCUT2D eigenvalue weighted by molar-refractivity contribution is 0.354. The van der Waals surface area contributed by atoms with Crippen molar-refractivity contribution in [1.29, 1.82) is 10.8 Å². The topological polar surface area (TPSA) is 244 Å². The summed E-state index contributed by atoms with van der Waals surface area (Å²) in [6.07, 6.45) is 1.10. The van der Waals surface area contributed by atoms with E-state index in [4.69, 9.17) is 43.2 Å². The fraction of sp³-hybridized carbons (Fsp3) is 0.111. The molecule has 0 fully saturated rings. The van der Waals surface area contributed by atoms with Crippen LogP contribution < -0.4 is 42.7 Å². The molecule has 15 heteroatoms. The van der Waals surface area contributed by atoms with Gasteiger partial charge in [-0.3, -0.25) is 21.1 Å². The maximum absolute atomic E-state index is 13.4. The summed E-state index contributed by atoms with van der Waals surface area (Å²) in [5, 5.41) is 18.6. The number of rotatable bonds is 8. The molecule has 11 N–H and O–H groups in total. The minimum atomic E-state index is -4.11. The second-order valence-electron chi connectivity index (χ2n) is 6.20. The number of hydrogen-bond acceptors (Lipinski definition) is 8. The smallest absolute Gasteiger partial charge is 0.208 e. The Kier molecular flexibility index (Phi) is 7.64. The molecule has 0 saturated heterocycles. The van der Waals surface area contributed by atoms with Crippen LogP contribution in [0.15, 0.2) is 56.3 Å². The lowest BCUT2D eigenvalue weighted by Crippen LogP contribution is -2.45. The standard InChI is InChI=1S/C18H24N10O4S/c1-31-13-7-12(25-9-26-27-16(19)20)15(8-14(13)32-2)33(29,30)11-5-3-10(4-6-11)28(17(21)22)18(23)24/h3-9H,1-2H3,(H3,21,22)(H3,23,24)(H,25,26)(H4,19,20,27). The number of ether oxygens (including phenoxy) is 2. The Bertz CT molecular complexity index is 1190. The maximum atomic E-state index is 13.4. The van der Waals surface area contributed by atoms with E-state index in [1.165, 1.54) is 50.6 Å². The van der Waals surface area contributed by atoms with Crippen LogP contribution in [0.4, 0.5) is 11.4 Å². The van der Waals surface area contributed by atoms with Gasteiger partial charge in [-0.05, 0) is 24.3 Å². The highest BCUT2D eigenvalue weighted by Gasteiger charge is 2.25. The van der Waals surface area contributed by atoms with E-state index >= 15 is 0 Å². The predicted molar refractivity (Wildman–Crippen MR) is 125 cm³/mol. The molecule has 0 aliphatic carbocycles. The third-order valence-electron chi connectivity index (χ3n) is 4.10. The summed E-state index contributed by atoms with van der Waals surface area (Å²) in [5.41, 5.74) is 24.0. The van der Waals surface area contributed by atoms with Crippen LogP contribution in [0, 0.1) is 10.8 Å². The molecule has 0 saturated carbocycles. The second-order valence-corrected chi connectivity index (χ2v) is 8.12. The molecular weight excluding hydrogens is 452 g/mol. The molecule has 0 radical (unpaired) electrons. The van der Waals surface area contributed by atoms with E-state index in [-0.39, 0.29) is 38.6 Å². The molecule has 176 valence electrons. The summed E-state index contributed by atoms with van der Waals surface area (Å²) in [7, 11) is -1.35. The summed E-state index contributed by atoms with van der Waals surface area (Å²) >= 11 is 0. The molecule has 0 aliphatic heterocycles. The molecule has 0 heterocycles. The fourth-order valence-electron chi connectivity index (χ4n) is 2.68. The Morgan fingerprint density at radius 1 is 1.00 bits per heavy atom. The third kappa shape index (κ3) is 5.59. The van der Waals surface area contributed by atoms with Crippen molar-refractivity contribution in [3.05, 3.63) is 36.4 Å². The number of methoxy groups -OCH3 is 2. The first-order chi connectivity index (χ1) is 15.5. The van der Waals surface area contributed by atoms with E-state index in [0.717, 1.165) is 11.2 Å². The molecule has 0 unspecified atom stereocenters. The predicted octanol–water partition coefficient (Wildman–Crippen LogP) is -0.432.